The van der Waals surface area contributed by atoms with E-state index in [1.807, 2.05) is 41.8 Å². The average Bonchev–Trinajstić information content (AvgIpc) is 3.21. The summed E-state index contributed by atoms with van der Waals surface area (Å²) in [4.78, 5) is 29.1. The van der Waals surface area contributed by atoms with Gasteiger partial charge in [-0.25, -0.2) is 9.97 Å². The van der Waals surface area contributed by atoms with E-state index in [-0.39, 0.29) is 5.91 Å². The Balaban J connectivity index is 1.25. The Labute approximate surface area is 187 Å². The number of hydrogen-bond acceptors (Lipinski definition) is 6. The van der Waals surface area contributed by atoms with Gasteiger partial charge in [0.25, 0.3) is 0 Å². The molecule has 8 nitrogen and oxygen atoms in total. The number of imidazole rings is 1. The predicted octanol–water partition coefficient (Wildman–Crippen LogP) is 3.21. The maximum Gasteiger partial charge on any atom is 0.219 e. The number of rotatable bonds is 5. The molecule has 1 saturated heterocycles. The summed E-state index contributed by atoms with van der Waals surface area (Å²) < 4.78 is 2.05. The fraction of sp³-hybridized carbons (Fsp3) is 0.333. The molecule has 164 valence electrons. The Kier molecular flexibility index (Phi) is 5.68. The predicted molar refractivity (Wildman–Crippen MR) is 125 cm³/mol. The number of carbonyl (C=O) groups excluding carboxylic acids is 1. The molecule has 32 heavy (non-hydrogen) atoms. The number of nitrogens with zero attached hydrogens (tertiary/aromatic N) is 6. The second-order valence-electron chi connectivity index (χ2n) is 8.33. The molecule has 0 aliphatic carbocycles. The van der Waals surface area contributed by atoms with Gasteiger partial charge in [-0.2, -0.15) is 0 Å². The van der Waals surface area contributed by atoms with Gasteiger partial charge in [0, 0.05) is 70.4 Å². The first-order valence-corrected chi connectivity index (χ1v) is 11.0. The minimum atomic E-state index is 0.156. The summed E-state index contributed by atoms with van der Waals surface area (Å²) in [5, 5.41) is 3.34. The van der Waals surface area contributed by atoms with Crippen LogP contribution in [0, 0.1) is 0 Å². The van der Waals surface area contributed by atoms with Crippen molar-refractivity contribution in [2.75, 3.05) is 31.5 Å². The van der Waals surface area contributed by atoms with Crippen molar-refractivity contribution in [3.05, 3.63) is 66.3 Å². The number of aromatic nitrogens is 3. The summed E-state index contributed by atoms with van der Waals surface area (Å²) >= 11 is 0. The normalized spacial score (nSPS) is 18.9. The van der Waals surface area contributed by atoms with Gasteiger partial charge in [-0.05, 0) is 35.7 Å². The minimum absolute atomic E-state index is 0.156. The van der Waals surface area contributed by atoms with Crippen molar-refractivity contribution in [2.24, 2.45) is 4.99 Å². The highest BCUT2D eigenvalue weighted by Gasteiger charge is 2.18. The van der Waals surface area contributed by atoms with Crippen molar-refractivity contribution >= 4 is 29.4 Å². The van der Waals surface area contributed by atoms with Gasteiger partial charge in [0.15, 0.2) is 5.82 Å². The molecule has 0 bridgehead atoms. The number of allylic oxidation sites excluding steroid dienone is 1. The number of pyridine rings is 2. The van der Waals surface area contributed by atoms with Gasteiger partial charge in [-0.3, -0.25) is 14.7 Å². The smallest absolute Gasteiger partial charge is 0.219 e. The largest absolute Gasteiger partial charge is 0.340 e. The van der Waals surface area contributed by atoms with Crippen LogP contribution in [0.4, 0.5) is 11.6 Å². The van der Waals surface area contributed by atoms with Crippen LogP contribution < -0.4 is 5.32 Å². The van der Waals surface area contributed by atoms with Crippen LogP contribution in [0.25, 0.3) is 5.65 Å². The van der Waals surface area contributed by atoms with E-state index in [4.69, 9.17) is 0 Å². The van der Waals surface area contributed by atoms with Gasteiger partial charge in [0.1, 0.15) is 11.5 Å². The third-order valence-electron chi connectivity index (χ3n) is 6.08. The lowest BCUT2D eigenvalue weighted by Gasteiger charge is -2.34. The van der Waals surface area contributed by atoms with Crippen LogP contribution in [0.3, 0.4) is 0 Å². The Morgan fingerprint density at radius 3 is 2.78 bits per heavy atom. The summed E-state index contributed by atoms with van der Waals surface area (Å²) in [5.41, 5.74) is 3.33. The summed E-state index contributed by atoms with van der Waals surface area (Å²) in [5.74, 6) is 2.05. The second kappa shape index (κ2) is 8.92. The van der Waals surface area contributed by atoms with E-state index in [9.17, 15) is 4.79 Å². The monoisotopic (exact) mass is 429 g/mol. The number of hydrogen-bond donors (Lipinski definition) is 1. The van der Waals surface area contributed by atoms with E-state index in [0.717, 1.165) is 56.4 Å². The maximum absolute atomic E-state index is 11.5. The van der Waals surface area contributed by atoms with Crippen molar-refractivity contribution in [2.45, 2.75) is 25.8 Å². The number of fused-ring (bicyclic) bond motifs is 1. The van der Waals surface area contributed by atoms with Crippen LogP contribution in [0.2, 0.25) is 0 Å². The molecule has 3 aromatic heterocycles. The van der Waals surface area contributed by atoms with Crippen molar-refractivity contribution in [3.8, 4) is 0 Å². The maximum atomic E-state index is 11.5. The third kappa shape index (κ3) is 4.55. The molecule has 1 fully saturated rings. The fourth-order valence-electron chi connectivity index (χ4n) is 4.25. The molecule has 1 amide bonds. The first-order chi connectivity index (χ1) is 15.6. The molecule has 0 aromatic carbocycles. The topological polar surface area (TPSA) is 78.1 Å². The first kappa shape index (κ1) is 20.4. The summed E-state index contributed by atoms with van der Waals surface area (Å²) in [7, 11) is 0. The Bertz CT molecular complexity index is 1170. The molecule has 5 heterocycles. The molecule has 0 radical (unpaired) electrons. The number of nitrogens with one attached hydrogen (secondary N) is 1. The van der Waals surface area contributed by atoms with E-state index in [1.54, 1.807) is 6.92 Å². The average molecular weight is 430 g/mol. The number of amides is 1. The van der Waals surface area contributed by atoms with E-state index in [0.29, 0.717) is 5.92 Å². The standard InChI is InChI=1S/C24H27N7O/c1-18(32)30-12-10-29(11-13-30)15-19-4-9-26-22(14-19)27-23-17-31-16-21(2-3-24(31)28-23)20-5-7-25-8-6-20/h2-5,7-9,14,16-17,20H,6,10-13,15H2,1H3,(H,26,27). The molecular weight excluding hydrogens is 402 g/mol. The van der Waals surface area contributed by atoms with Gasteiger partial charge in [0.05, 0.1) is 6.20 Å². The summed E-state index contributed by atoms with van der Waals surface area (Å²) in [6, 6.07) is 8.29. The fourth-order valence-corrected chi connectivity index (χ4v) is 4.25. The summed E-state index contributed by atoms with van der Waals surface area (Å²) in [6.07, 6.45) is 12.8. The second-order valence-corrected chi connectivity index (χ2v) is 8.33. The molecule has 3 aromatic rings. The van der Waals surface area contributed by atoms with Gasteiger partial charge < -0.3 is 14.6 Å². The van der Waals surface area contributed by atoms with Crippen LogP contribution in [-0.4, -0.2) is 62.5 Å². The number of aliphatic imine (C=N–C) groups is 1. The lowest BCUT2D eigenvalue weighted by molar-refractivity contribution is -0.130. The van der Waals surface area contributed by atoms with Crippen molar-refractivity contribution in [1.29, 1.82) is 0 Å². The molecule has 0 spiro atoms. The molecule has 5 rings (SSSR count). The van der Waals surface area contributed by atoms with Gasteiger partial charge in [-0.1, -0.05) is 12.1 Å². The Morgan fingerprint density at radius 1 is 1.12 bits per heavy atom. The highest BCUT2D eigenvalue weighted by molar-refractivity contribution is 5.73. The number of piperazine rings is 1. The van der Waals surface area contributed by atoms with E-state index < -0.39 is 0 Å². The van der Waals surface area contributed by atoms with E-state index in [1.165, 1.54) is 11.1 Å². The highest BCUT2D eigenvalue weighted by Crippen LogP contribution is 2.24. The van der Waals surface area contributed by atoms with Gasteiger partial charge in [0.2, 0.25) is 5.91 Å². The lowest BCUT2D eigenvalue weighted by atomic mass is 9.97. The molecule has 2 aliphatic heterocycles. The first-order valence-electron chi connectivity index (χ1n) is 11.0. The lowest BCUT2D eigenvalue weighted by Crippen LogP contribution is -2.47. The molecule has 1 N–H and O–H groups in total. The van der Waals surface area contributed by atoms with Gasteiger partial charge >= 0.3 is 0 Å². The van der Waals surface area contributed by atoms with E-state index >= 15 is 0 Å². The zero-order valence-electron chi connectivity index (χ0n) is 18.2. The van der Waals surface area contributed by atoms with Crippen LogP contribution in [0.15, 0.2) is 60.1 Å². The molecule has 2 aliphatic rings. The summed E-state index contributed by atoms with van der Waals surface area (Å²) in [6.45, 7) is 5.84. The van der Waals surface area contributed by atoms with Crippen molar-refractivity contribution in [3.63, 3.8) is 0 Å². The van der Waals surface area contributed by atoms with E-state index in [2.05, 4.69) is 54.0 Å². The minimum Gasteiger partial charge on any atom is -0.340 e. The van der Waals surface area contributed by atoms with Crippen LogP contribution in [0.5, 0.6) is 0 Å². The zero-order chi connectivity index (χ0) is 21.9. The number of anilines is 2. The Morgan fingerprint density at radius 2 is 2.00 bits per heavy atom. The van der Waals surface area contributed by atoms with Crippen molar-refractivity contribution < 1.29 is 4.79 Å². The zero-order valence-corrected chi connectivity index (χ0v) is 18.2. The third-order valence-corrected chi connectivity index (χ3v) is 6.08. The highest BCUT2D eigenvalue weighted by atomic mass is 16.2. The molecule has 0 saturated carbocycles. The SMILES string of the molecule is CC(=O)N1CCN(Cc2ccnc(Nc3cn4cc(C5C=CN=CC5)ccc4n3)c2)CC1. The van der Waals surface area contributed by atoms with Crippen LogP contribution in [0.1, 0.15) is 30.4 Å². The molecule has 1 atom stereocenters. The Hall–Kier alpha value is -3.52. The van der Waals surface area contributed by atoms with Gasteiger partial charge in [-0.15, -0.1) is 0 Å². The molecular formula is C24H27N7O. The quantitative estimate of drug-likeness (QED) is 0.674. The van der Waals surface area contributed by atoms with Crippen LogP contribution >= 0.6 is 0 Å². The van der Waals surface area contributed by atoms with Crippen molar-refractivity contribution in [1.82, 2.24) is 24.2 Å². The molecule has 8 heteroatoms. The van der Waals surface area contributed by atoms with Crippen LogP contribution in [-0.2, 0) is 11.3 Å². The molecule has 1 unspecified atom stereocenters. The number of carbonyl (C=O) groups is 1.